The van der Waals surface area contributed by atoms with Crippen LogP contribution in [-0.2, 0) is 0 Å². The highest BCUT2D eigenvalue weighted by Gasteiger charge is 2.01. The molecule has 0 fully saturated rings. The topological polar surface area (TPSA) is 26.0 Å². The van der Waals surface area contributed by atoms with Crippen LogP contribution in [0.15, 0.2) is 27.5 Å². The monoisotopic (exact) mass is 179 g/mol. The number of hydrogen-bond donors (Lipinski definition) is 0. The summed E-state index contributed by atoms with van der Waals surface area (Å²) in [6.45, 7) is 1.86. The molecule has 62 valence electrons. The maximum Gasteiger partial charge on any atom is 0.192 e. The van der Waals surface area contributed by atoms with Crippen molar-refractivity contribution < 1.29 is 4.42 Å². The zero-order chi connectivity index (χ0) is 8.55. The number of oxazole rings is 1. The van der Waals surface area contributed by atoms with Crippen molar-refractivity contribution in [2.75, 3.05) is 6.26 Å². The summed E-state index contributed by atoms with van der Waals surface area (Å²) >= 11 is 1.71. The number of rotatable bonds is 1. The van der Waals surface area contributed by atoms with Crippen LogP contribution < -0.4 is 0 Å². The van der Waals surface area contributed by atoms with E-state index in [2.05, 4.69) is 4.98 Å². The third kappa shape index (κ3) is 1.20. The predicted octanol–water partition coefficient (Wildman–Crippen LogP) is 2.86. The van der Waals surface area contributed by atoms with Gasteiger partial charge in [0.2, 0.25) is 0 Å². The van der Waals surface area contributed by atoms with Gasteiger partial charge in [0.1, 0.15) is 5.52 Å². The second-order valence-corrected chi connectivity index (χ2v) is 3.45. The Balaban J connectivity index is 2.66. The van der Waals surface area contributed by atoms with E-state index in [-0.39, 0.29) is 0 Å². The molecule has 0 atom stereocenters. The van der Waals surface area contributed by atoms with Crippen LogP contribution in [0.5, 0.6) is 0 Å². The molecule has 2 aromatic rings. The molecule has 1 heterocycles. The number of nitrogens with zero attached hydrogens (tertiary/aromatic N) is 1. The molecule has 2 nitrogen and oxygen atoms in total. The van der Waals surface area contributed by atoms with E-state index >= 15 is 0 Å². The van der Waals surface area contributed by atoms with E-state index in [0.29, 0.717) is 0 Å². The Morgan fingerprint density at radius 3 is 3.00 bits per heavy atom. The first kappa shape index (κ1) is 7.68. The average Bonchev–Trinajstić information content (AvgIpc) is 2.43. The van der Waals surface area contributed by atoms with Crippen molar-refractivity contribution in [3.8, 4) is 0 Å². The van der Waals surface area contributed by atoms with Gasteiger partial charge in [0.15, 0.2) is 11.5 Å². The fraction of sp³-hybridized carbons (Fsp3) is 0.222. The third-order valence-electron chi connectivity index (χ3n) is 1.70. The lowest BCUT2D eigenvalue weighted by atomic mass is 10.3. The van der Waals surface area contributed by atoms with Crippen LogP contribution in [0, 0.1) is 6.92 Å². The Hall–Kier alpha value is -0.960. The number of fused-ring (bicyclic) bond motifs is 1. The lowest BCUT2D eigenvalue weighted by Gasteiger charge is -1.92. The molecule has 0 unspecified atom stereocenters. The van der Waals surface area contributed by atoms with Crippen LogP contribution in [0.25, 0.3) is 11.1 Å². The first-order valence-corrected chi connectivity index (χ1v) is 4.93. The van der Waals surface area contributed by atoms with Crippen molar-refractivity contribution in [2.24, 2.45) is 0 Å². The Morgan fingerprint density at radius 2 is 2.25 bits per heavy atom. The van der Waals surface area contributed by atoms with E-state index in [1.54, 1.807) is 11.8 Å². The lowest BCUT2D eigenvalue weighted by molar-refractivity contribution is 0.561. The minimum absolute atomic E-state index is 0.725. The number of aryl methyl sites for hydroxylation is 1. The van der Waals surface area contributed by atoms with Crippen LogP contribution in [0.2, 0.25) is 0 Å². The second-order valence-electron chi connectivity index (χ2n) is 2.57. The number of benzene rings is 1. The van der Waals surface area contributed by atoms with Gasteiger partial charge in [0.25, 0.3) is 0 Å². The van der Waals surface area contributed by atoms with Gasteiger partial charge in [-0.05, 0) is 24.5 Å². The van der Waals surface area contributed by atoms with Gasteiger partial charge in [-0.25, -0.2) is 4.98 Å². The first-order valence-electron chi connectivity index (χ1n) is 3.71. The van der Waals surface area contributed by atoms with Gasteiger partial charge in [0, 0.05) is 11.8 Å². The SMILES string of the molecule is CSc1ccc2oc(C)nc2c1. The van der Waals surface area contributed by atoms with Crippen molar-refractivity contribution in [3.05, 3.63) is 24.1 Å². The lowest BCUT2D eigenvalue weighted by Crippen LogP contribution is -1.70. The minimum Gasteiger partial charge on any atom is -0.441 e. The summed E-state index contributed by atoms with van der Waals surface area (Å²) in [6.07, 6.45) is 2.05. The van der Waals surface area contributed by atoms with Gasteiger partial charge in [0.05, 0.1) is 0 Å². The van der Waals surface area contributed by atoms with Crippen molar-refractivity contribution in [1.82, 2.24) is 4.98 Å². The fourth-order valence-electron chi connectivity index (χ4n) is 1.15. The molecule has 0 bridgehead atoms. The van der Waals surface area contributed by atoms with Crippen molar-refractivity contribution in [3.63, 3.8) is 0 Å². The molecule has 12 heavy (non-hydrogen) atoms. The molecule has 0 aliphatic carbocycles. The van der Waals surface area contributed by atoms with Crippen LogP contribution in [0.4, 0.5) is 0 Å². The Bertz CT molecular complexity index is 408. The Labute approximate surface area is 75.0 Å². The Morgan fingerprint density at radius 1 is 1.42 bits per heavy atom. The molecule has 3 heteroatoms. The van der Waals surface area contributed by atoms with Gasteiger partial charge >= 0.3 is 0 Å². The summed E-state index contributed by atoms with van der Waals surface area (Å²) in [6, 6.07) is 6.04. The summed E-state index contributed by atoms with van der Waals surface area (Å²) in [7, 11) is 0. The fourth-order valence-corrected chi connectivity index (χ4v) is 1.58. The first-order chi connectivity index (χ1) is 5.79. The maximum atomic E-state index is 5.35. The highest BCUT2D eigenvalue weighted by molar-refractivity contribution is 7.98. The van der Waals surface area contributed by atoms with Crippen LogP contribution >= 0.6 is 11.8 Å². The number of hydrogen-bond acceptors (Lipinski definition) is 3. The highest BCUT2D eigenvalue weighted by atomic mass is 32.2. The molecule has 2 rings (SSSR count). The van der Waals surface area contributed by atoms with E-state index in [9.17, 15) is 0 Å². The van der Waals surface area contributed by atoms with Crippen LogP contribution in [-0.4, -0.2) is 11.2 Å². The molecular formula is C9H9NOS. The van der Waals surface area contributed by atoms with Gasteiger partial charge in [-0.1, -0.05) is 0 Å². The summed E-state index contributed by atoms with van der Waals surface area (Å²) in [5.74, 6) is 0.725. The van der Waals surface area contributed by atoms with Crippen LogP contribution in [0.1, 0.15) is 5.89 Å². The minimum atomic E-state index is 0.725. The highest BCUT2D eigenvalue weighted by Crippen LogP contribution is 2.21. The average molecular weight is 179 g/mol. The van der Waals surface area contributed by atoms with Crippen molar-refractivity contribution in [1.29, 1.82) is 0 Å². The van der Waals surface area contributed by atoms with Gasteiger partial charge in [-0.3, -0.25) is 0 Å². The molecule has 1 aromatic heterocycles. The standard InChI is InChI=1S/C9H9NOS/c1-6-10-8-5-7(12-2)3-4-9(8)11-6/h3-5H,1-2H3. The Kier molecular flexibility index (Phi) is 1.81. The molecule has 0 saturated heterocycles. The van der Waals surface area contributed by atoms with E-state index in [1.807, 2.05) is 31.4 Å². The molecule has 0 amide bonds. The normalized spacial score (nSPS) is 10.8. The summed E-state index contributed by atoms with van der Waals surface area (Å²) < 4.78 is 5.35. The van der Waals surface area contributed by atoms with E-state index in [4.69, 9.17) is 4.42 Å². The molecule has 0 saturated carbocycles. The van der Waals surface area contributed by atoms with E-state index < -0.39 is 0 Å². The molecular weight excluding hydrogens is 170 g/mol. The summed E-state index contributed by atoms with van der Waals surface area (Å²) in [4.78, 5) is 5.46. The molecule has 0 aliphatic heterocycles. The molecule has 0 aliphatic rings. The molecule has 0 N–H and O–H groups in total. The largest absolute Gasteiger partial charge is 0.441 e. The summed E-state index contributed by atoms with van der Waals surface area (Å²) in [5.41, 5.74) is 1.81. The molecule has 0 spiro atoms. The number of thioether (sulfide) groups is 1. The van der Waals surface area contributed by atoms with E-state index in [0.717, 1.165) is 17.0 Å². The second kappa shape index (κ2) is 2.83. The third-order valence-corrected chi connectivity index (χ3v) is 2.43. The maximum absolute atomic E-state index is 5.35. The van der Waals surface area contributed by atoms with Crippen molar-refractivity contribution in [2.45, 2.75) is 11.8 Å². The van der Waals surface area contributed by atoms with Crippen molar-refractivity contribution >= 4 is 22.9 Å². The van der Waals surface area contributed by atoms with Gasteiger partial charge in [-0.2, -0.15) is 0 Å². The smallest absolute Gasteiger partial charge is 0.192 e. The predicted molar refractivity (Wildman–Crippen MR) is 50.5 cm³/mol. The number of aromatic nitrogens is 1. The zero-order valence-corrected chi connectivity index (χ0v) is 7.81. The van der Waals surface area contributed by atoms with Crippen LogP contribution in [0.3, 0.4) is 0 Å². The van der Waals surface area contributed by atoms with Gasteiger partial charge < -0.3 is 4.42 Å². The van der Waals surface area contributed by atoms with Gasteiger partial charge in [-0.15, -0.1) is 11.8 Å². The molecule has 1 aromatic carbocycles. The zero-order valence-electron chi connectivity index (χ0n) is 7.00. The molecule has 0 radical (unpaired) electrons. The quantitative estimate of drug-likeness (QED) is 0.629. The summed E-state index contributed by atoms with van der Waals surface area (Å²) in [5, 5.41) is 0. The van der Waals surface area contributed by atoms with E-state index in [1.165, 1.54) is 4.90 Å².